The average molecular weight is 394 g/mol. The van der Waals surface area contributed by atoms with Gasteiger partial charge in [-0.25, -0.2) is 0 Å². The molecule has 3 rings (SSSR count). The van der Waals surface area contributed by atoms with Crippen molar-refractivity contribution in [3.63, 3.8) is 0 Å². The monoisotopic (exact) mass is 394 g/mol. The van der Waals surface area contributed by atoms with Gasteiger partial charge in [0, 0.05) is 12.8 Å². The number of benzene rings is 2. The van der Waals surface area contributed by atoms with E-state index in [1.54, 1.807) is 0 Å². The summed E-state index contributed by atoms with van der Waals surface area (Å²) in [6.45, 7) is 0.172. The fourth-order valence-electron chi connectivity index (χ4n) is 3.63. The molecule has 5 heteroatoms. The summed E-state index contributed by atoms with van der Waals surface area (Å²) in [5.41, 5.74) is 1.68. The number of carbonyl (C=O) groups excluding carboxylic acids is 3. The molecule has 29 heavy (non-hydrogen) atoms. The lowest BCUT2D eigenvalue weighted by Gasteiger charge is -2.23. The van der Waals surface area contributed by atoms with Crippen LogP contribution < -0.4 is 0 Å². The molecule has 0 bridgehead atoms. The standard InChI is InChI=1S/C24H26O5/c25-21-14-8-7-13-20(15-21)22(23(26)28-16-18-9-3-1-4-10-18)24(27)29-17-19-11-5-2-6-12-19/h1-6,9-12,20,22H,7-8,13-17H2/t20-/m0/s1. The fourth-order valence-corrected chi connectivity index (χ4v) is 3.63. The number of esters is 2. The van der Waals surface area contributed by atoms with Gasteiger partial charge in [0.05, 0.1) is 0 Å². The van der Waals surface area contributed by atoms with Crippen molar-refractivity contribution in [3.8, 4) is 0 Å². The molecule has 0 radical (unpaired) electrons. The van der Waals surface area contributed by atoms with E-state index in [0.29, 0.717) is 12.8 Å². The molecule has 0 aliphatic heterocycles. The van der Waals surface area contributed by atoms with Gasteiger partial charge in [-0.3, -0.25) is 14.4 Å². The van der Waals surface area contributed by atoms with E-state index in [1.807, 2.05) is 60.7 Å². The van der Waals surface area contributed by atoms with Crippen molar-refractivity contribution in [2.45, 2.75) is 45.3 Å². The zero-order valence-electron chi connectivity index (χ0n) is 16.4. The Morgan fingerprint density at radius 1 is 0.828 bits per heavy atom. The van der Waals surface area contributed by atoms with Crippen LogP contribution in [0, 0.1) is 11.8 Å². The van der Waals surface area contributed by atoms with Gasteiger partial charge in [-0.05, 0) is 29.9 Å². The maximum atomic E-state index is 12.9. The van der Waals surface area contributed by atoms with Crippen molar-refractivity contribution in [1.29, 1.82) is 0 Å². The molecule has 2 aromatic rings. The van der Waals surface area contributed by atoms with Gasteiger partial charge in [-0.1, -0.05) is 67.1 Å². The first-order chi connectivity index (χ1) is 14.1. The van der Waals surface area contributed by atoms with Gasteiger partial charge >= 0.3 is 11.9 Å². The van der Waals surface area contributed by atoms with Crippen LogP contribution in [0.1, 0.15) is 43.2 Å². The van der Waals surface area contributed by atoms with Crippen molar-refractivity contribution in [2.75, 3.05) is 0 Å². The Morgan fingerprint density at radius 3 is 1.86 bits per heavy atom. The summed E-state index contributed by atoms with van der Waals surface area (Å²) in [6, 6.07) is 18.6. The van der Waals surface area contributed by atoms with Crippen LogP contribution in [0.3, 0.4) is 0 Å². The number of hydrogen-bond acceptors (Lipinski definition) is 5. The van der Waals surface area contributed by atoms with Gasteiger partial charge in [0.1, 0.15) is 19.0 Å². The van der Waals surface area contributed by atoms with Crippen LogP contribution in [0.5, 0.6) is 0 Å². The van der Waals surface area contributed by atoms with E-state index in [1.165, 1.54) is 0 Å². The maximum Gasteiger partial charge on any atom is 0.320 e. The highest BCUT2D eigenvalue weighted by atomic mass is 16.6. The summed E-state index contributed by atoms with van der Waals surface area (Å²) in [5.74, 6) is -2.61. The summed E-state index contributed by atoms with van der Waals surface area (Å²) < 4.78 is 10.9. The minimum atomic E-state index is -1.08. The molecule has 0 heterocycles. The average Bonchev–Trinajstić information content (AvgIpc) is 2.96. The van der Waals surface area contributed by atoms with Crippen molar-refractivity contribution in [2.24, 2.45) is 11.8 Å². The molecular formula is C24H26O5. The zero-order chi connectivity index (χ0) is 20.5. The van der Waals surface area contributed by atoms with Gasteiger partial charge in [0.15, 0.2) is 5.92 Å². The Bertz CT molecular complexity index is 760. The summed E-state index contributed by atoms with van der Waals surface area (Å²) in [7, 11) is 0. The van der Waals surface area contributed by atoms with Gasteiger partial charge in [-0.2, -0.15) is 0 Å². The quantitative estimate of drug-likeness (QED) is 0.399. The zero-order valence-corrected chi connectivity index (χ0v) is 16.4. The highest BCUT2D eigenvalue weighted by Crippen LogP contribution is 2.30. The molecule has 152 valence electrons. The molecule has 1 aliphatic carbocycles. The topological polar surface area (TPSA) is 69.7 Å². The van der Waals surface area contributed by atoms with Crippen molar-refractivity contribution < 1.29 is 23.9 Å². The Balaban J connectivity index is 1.70. The molecule has 0 unspecified atom stereocenters. The summed E-state index contributed by atoms with van der Waals surface area (Å²) in [5, 5.41) is 0. The van der Waals surface area contributed by atoms with Gasteiger partial charge < -0.3 is 9.47 Å². The molecule has 1 aliphatic rings. The molecule has 5 nitrogen and oxygen atoms in total. The summed E-state index contributed by atoms with van der Waals surface area (Å²) >= 11 is 0. The van der Waals surface area contributed by atoms with E-state index in [4.69, 9.17) is 9.47 Å². The predicted molar refractivity (Wildman–Crippen MR) is 108 cm³/mol. The van der Waals surface area contributed by atoms with E-state index >= 15 is 0 Å². The molecule has 0 amide bonds. The molecule has 1 atom stereocenters. The molecule has 0 saturated heterocycles. The molecule has 0 aromatic heterocycles. The molecule has 1 saturated carbocycles. The van der Waals surface area contributed by atoms with Crippen LogP contribution in [0.15, 0.2) is 60.7 Å². The third-order valence-electron chi connectivity index (χ3n) is 5.20. The number of Topliss-reactive ketones (excluding diaryl/α,β-unsaturated/α-hetero) is 1. The summed E-state index contributed by atoms with van der Waals surface area (Å²) in [6.07, 6.45) is 2.95. The van der Waals surface area contributed by atoms with Crippen LogP contribution in [0.2, 0.25) is 0 Å². The molecule has 0 spiro atoms. The van der Waals surface area contributed by atoms with Crippen LogP contribution >= 0.6 is 0 Å². The lowest BCUT2D eigenvalue weighted by Crippen LogP contribution is -2.35. The smallest absolute Gasteiger partial charge is 0.320 e. The van der Waals surface area contributed by atoms with Crippen molar-refractivity contribution in [1.82, 2.24) is 0 Å². The minimum Gasteiger partial charge on any atom is -0.460 e. The maximum absolute atomic E-state index is 12.9. The van der Waals surface area contributed by atoms with Crippen LogP contribution in [-0.4, -0.2) is 17.7 Å². The SMILES string of the molecule is O=C1CCCC[C@H](C(C(=O)OCc2ccccc2)C(=O)OCc2ccccc2)C1. The number of carbonyl (C=O) groups is 3. The lowest BCUT2D eigenvalue weighted by molar-refractivity contribution is -0.166. The number of rotatable bonds is 7. The van der Waals surface area contributed by atoms with Gasteiger partial charge in [0.25, 0.3) is 0 Å². The van der Waals surface area contributed by atoms with Gasteiger partial charge in [-0.15, -0.1) is 0 Å². The number of hydrogen-bond donors (Lipinski definition) is 0. The lowest BCUT2D eigenvalue weighted by atomic mass is 9.85. The van der Waals surface area contributed by atoms with Crippen LogP contribution in [0.25, 0.3) is 0 Å². The first-order valence-electron chi connectivity index (χ1n) is 10.1. The third kappa shape index (κ3) is 6.28. The molecule has 0 N–H and O–H groups in total. The van der Waals surface area contributed by atoms with Crippen molar-refractivity contribution >= 4 is 17.7 Å². The largest absolute Gasteiger partial charge is 0.460 e. The van der Waals surface area contributed by atoms with E-state index in [9.17, 15) is 14.4 Å². The Morgan fingerprint density at radius 2 is 1.34 bits per heavy atom. The highest BCUT2D eigenvalue weighted by Gasteiger charge is 2.39. The Labute approximate surface area is 171 Å². The molecule has 1 fully saturated rings. The van der Waals surface area contributed by atoms with E-state index in [-0.39, 0.29) is 31.3 Å². The summed E-state index contributed by atoms with van der Waals surface area (Å²) in [4.78, 5) is 37.8. The number of ether oxygens (including phenoxy) is 2. The highest BCUT2D eigenvalue weighted by molar-refractivity contribution is 5.96. The first kappa shape index (κ1) is 20.8. The van der Waals surface area contributed by atoms with E-state index < -0.39 is 17.9 Å². The minimum absolute atomic E-state index is 0.0861. The van der Waals surface area contributed by atoms with E-state index in [2.05, 4.69) is 0 Å². The third-order valence-corrected chi connectivity index (χ3v) is 5.20. The Hall–Kier alpha value is -2.95. The second-order valence-corrected chi connectivity index (χ2v) is 7.41. The number of ketones is 1. The predicted octanol–water partition coefficient (Wildman–Crippen LogP) is 4.24. The Kier molecular flexibility index (Phi) is 7.56. The normalized spacial score (nSPS) is 16.9. The van der Waals surface area contributed by atoms with Crippen molar-refractivity contribution in [3.05, 3.63) is 71.8 Å². The second-order valence-electron chi connectivity index (χ2n) is 7.41. The molecular weight excluding hydrogens is 368 g/mol. The van der Waals surface area contributed by atoms with Crippen LogP contribution in [-0.2, 0) is 37.1 Å². The first-order valence-corrected chi connectivity index (χ1v) is 10.1. The van der Waals surface area contributed by atoms with E-state index in [0.717, 1.165) is 24.0 Å². The van der Waals surface area contributed by atoms with Crippen LogP contribution in [0.4, 0.5) is 0 Å². The van der Waals surface area contributed by atoms with Gasteiger partial charge in [0.2, 0.25) is 0 Å². The molecule has 2 aromatic carbocycles. The fraction of sp³-hybridized carbons (Fsp3) is 0.375. The second kappa shape index (κ2) is 10.6.